The zero-order valence-corrected chi connectivity index (χ0v) is 17.5. The molecule has 0 aliphatic heterocycles. The van der Waals surface area contributed by atoms with Crippen molar-refractivity contribution in [2.75, 3.05) is 18.9 Å². The van der Waals surface area contributed by atoms with E-state index in [0.717, 1.165) is 36.1 Å². The van der Waals surface area contributed by atoms with Gasteiger partial charge in [0.1, 0.15) is 10.8 Å². The van der Waals surface area contributed by atoms with Crippen LogP contribution in [0.15, 0.2) is 27.6 Å². The van der Waals surface area contributed by atoms with Gasteiger partial charge >= 0.3 is 5.97 Å². The smallest absolute Gasteiger partial charge is 0.341 e. The maximum atomic E-state index is 12.8. The Morgan fingerprint density at radius 1 is 1.23 bits per heavy atom. The molecule has 1 aliphatic rings. The summed E-state index contributed by atoms with van der Waals surface area (Å²) in [7, 11) is -1.05. The van der Waals surface area contributed by atoms with Crippen LogP contribution in [0.4, 0.5) is 5.00 Å². The number of esters is 1. The fourth-order valence-electron chi connectivity index (χ4n) is 2.95. The minimum Gasteiger partial charge on any atom is -0.496 e. The summed E-state index contributed by atoms with van der Waals surface area (Å²) >= 11 is 4.60. The van der Waals surface area contributed by atoms with E-state index in [-0.39, 0.29) is 4.90 Å². The number of anilines is 1. The number of hydrogen-bond donors (Lipinski definition) is 1. The van der Waals surface area contributed by atoms with Gasteiger partial charge in [0.05, 0.1) is 29.2 Å². The fourth-order valence-corrected chi connectivity index (χ4v) is 6.25. The molecule has 0 radical (unpaired) electrons. The normalized spacial score (nSPS) is 13.8. The number of hydrogen-bond acceptors (Lipinski definition) is 6. The molecule has 26 heavy (non-hydrogen) atoms. The molecule has 0 unspecified atom stereocenters. The molecule has 0 fully saturated rings. The average Bonchev–Trinajstić information content (AvgIpc) is 2.98. The van der Waals surface area contributed by atoms with E-state index < -0.39 is 16.0 Å². The lowest BCUT2D eigenvalue weighted by Gasteiger charge is -2.12. The Balaban J connectivity index is 2.01. The summed E-state index contributed by atoms with van der Waals surface area (Å²) in [5.41, 5.74) is 1.24. The van der Waals surface area contributed by atoms with Crippen molar-refractivity contribution in [1.29, 1.82) is 0 Å². The van der Waals surface area contributed by atoms with E-state index in [2.05, 4.69) is 20.7 Å². The van der Waals surface area contributed by atoms with Crippen LogP contribution in [0.2, 0.25) is 0 Å². The molecular weight excluding hydrogens is 442 g/mol. The molecule has 0 saturated carbocycles. The van der Waals surface area contributed by atoms with Crippen LogP contribution in [0.3, 0.4) is 0 Å². The second kappa shape index (κ2) is 7.58. The highest BCUT2D eigenvalue weighted by molar-refractivity contribution is 9.10. The average molecular weight is 460 g/mol. The first-order chi connectivity index (χ1) is 12.4. The lowest BCUT2D eigenvalue weighted by Crippen LogP contribution is -2.15. The predicted molar refractivity (Wildman–Crippen MR) is 104 cm³/mol. The van der Waals surface area contributed by atoms with Crippen LogP contribution in [0, 0.1) is 0 Å². The second-order valence-corrected chi connectivity index (χ2v) is 9.45. The number of carbonyl (C=O) groups excluding carboxylic acids is 1. The third-order valence-corrected chi connectivity index (χ3v) is 7.52. The number of benzene rings is 1. The second-order valence-electron chi connectivity index (χ2n) is 5.81. The van der Waals surface area contributed by atoms with Crippen LogP contribution in [0.1, 0.15) is 33.6 Å². The zero-order chi connectivity index (χ0) is 18.9. The van der Waals surface area contributed by atoms with Crippen molar-refractivity contribution in [2.45, 2.75) is 30.6 Å². The number of rotatable bonds is 5. The van der Waals surface area contributed by atoms with Crippen molar-refractivity contribution in [1.82, 2.24) is 0 Å². The summed E-state index contributed by atoms with van der Waals surface area (Å²) in [6, 6.07) is 4.49. The summed E-state index contributed by atoms with van der Waals surface area (Å²) in [6.07, 6.45) is 3.61. The molecule has 1 heterocycles. The Morgan fingerprint density at radius 3 is 2.62 bits per heavy atom. The number of halogens is 1. The summed E-state index contributed by atoms with van der Waals surface area (Å²) in [4.78, 5) is 13.4. The van der Waals surface area contributed by atoms with E-state index in [1.54, 1.807) is 6.07 Å². The van der Waals surface area contributed by atoms with Gasteiger partial charge < -0.3 is 9.47 Å². The van der Waals surface area contributed by atoms with Gasteiger partial charge in [-0.25, -0.2) is 13.2 Å². The van der Waals surface area contributed by atoms with E-state index >= 15 is 0 Å². The monoisotopic (exact) mass is 459 g/mol. The Kier molecular flexibility index (Phi) is 5.59. The van der Waals surface area contributed by atoms with Crippen LogP contribution in [-0.4, -0.2) is 28.6 Å². The van der Waals surface area contributed by atoms with E-state index in [1.807, 2.05) is 0 Å². The molecule has 0 amide bonds. The van der Waals surface area contributed by atoms with Gasteiger partial charge in [-0.1, -0.05) is 0 Å². The number of aryl methyl sites for hydroxylation is 1. The Hall–Kier alpha value is -1.58. The van der Waals surface area contributed by atoms with Crippen LogP contribution >= 0.6 is 27.3 Å². The molecule has 1 aliphatic carbocycles. The van der Waals surface area contributed by atoms with Crippen molar-refractivity contribution >= 4 is 48.3 Å². The molecular formula is C17H18BrNO5S2. The predicted octanol–water partition coefficient (Wildman–Crippen LogP) is 3.99. The van der Waals surface area contributed by atoms with Crippen LogP contribution < -0.4 is 9.46 Å². The third-order valence-electron chi connectivity index (χ3n) is 4.22. The zero-order valence-electron chi connectivity index (χ0n) is 14.3. The van der Waals surface area contributed by atoms with Gasteiger partial charge in [-0.2, -0.15) is 0 Å². The molecule has 3 rings (SSSR count). The number of fused-ring (bicyclic) bond motifs is 1. The SMILES string of the molecule is COC(=O)c1c(NS(=O)(=O)c2ccc(OC)c(Br)c2)sc2c1CCCC2. The van der Waals surface area contributed by atoms with Gasteiger partial charge in [-0.05, 0) is 65.4 Å². The molecule has 0 saturated heterocycles. The van der Waals surface area contributed by atoms with E-state index in [1.165, 1.54) is 37.7 Å². The van der Waals surface area contributed by atoms with Crippen molar-refractivity contribution in [3.05, 3.63) is 38.7 Å². The first kappa shape index (κ1) is 19.2. The van der Waals surface area contributed by atoms with Crippen molar-refractivity contribution in [3.63, 3.8) is 0 Å². The van der Waals surface area contributed by atoms with Crippen LogP contribution in [0.5, 0.6) is 5.75 Å². The Bertz CT molecular complexity index is 952. The molecule has 1 N–H and O–H groups in total. The van der Waals surface area contributed by atoms with E-state index in [9.17, 15) is 13.2 Å². The number of sulfonamides is 1. The highest BCUT2D eigenvalue weighted by Gasteiger charge is 2.28. The fraction of sp³-hybridized carbons (Fsp3) is 0.353. The van der Waals surface area contributed by atoms with Gasteiger partial charge in [0.25, 0.3) is 10.0 Å². The minimum atomic E-state index is -3.86. The quantitative estimate of drug-likeness (QED) is 0.683. The number of ether oxygens (including phenoxy) is 2. The Morgan fingerprint density at radius 2 is 1.96 bits per heavy atom. The highest BCUT2D eigenvalue weighted by atomic mass is 79.9. The first-order valence-corrected chi connectivity index (χ1v) is 11.1. The largest absolute Gasteiger partial charge is 0.496 e. The molecule has 1 aromatic carbocycles. The van der Waals surface area contributed by atoms with Crippen LogP contribution in [-0.2, 0) is 27.6 Å². The summed E-state index contributed by atoms with van der Waals surface area (Å²) in [5.74, 6) is 0.0174. The first-order valence-electron chi connectivity index (χ1n) is 7.96. The summed E-state index contributed by atoms with van der Waals surface area (Å²) in [5, 5.41) is 0.315. The van der Waals surface area contributed by atoms with E-state index in [4.69, 9.17) is 9.47 Å². The minimum absolute atomic E-state index is 0.0763. The highest BCUT2D eigenvalue weighted by Crippen LogP contribution is 2.39. The van der Waals surface area contributed by atoms with Gasteiger partial charge in [-0.15, -0.1) is 11.3 Å². The van der Waals surface area contributed by atoms with Crippen molar-refractivity contribution in [3.8, 4) is 5.75 Å². The van der Waals surface area contributed by atoms with Gasteiger partial charge in [0, 0.05) is 4.88 Å². The molecule has 6 nitrogen and oxygen atoms in total. The molecule has 0 atom stereocenters. The Labute approximate surface area is 164 Å². The van der Waals surface area contributed by atoms with Crippen LogP contribution in [0.25, 0.3) is 0 Å². The molecule has 9 heteroatoms. The summed E-state index contributed by atoms with van der Waals surface area (Å²) in [6.45, 7) is 0. The number of methoxy groups -OCH3 is 2. The number of thiophene rings is 1. The topological polar surface area (TPSA) is 81.7 Å². The van der Waals surface area contributed by atoms with Gasteiger partial charge in [0.15, 0.2) is 0 Å². The summed E-state index contributed by atoms with van der Waals surface area (Å²) < 4.78 is 38.7. The molecule has 2 aromatic rings. The standard InChI is InChI=1S/C17H18BrNO5S2/c1-23-13-8-7-10(9-12(13)18)26(21,22)19-16-15(17(20)24-2)11-5-3-4-6-14(11)25-16/h7-9,19H,3-6H2,1-2H3. The number of nitrogens with one attached hydrogen (secondary N) is 1. The maximum Gasteiger partial charge on any atom is 0.341 e. The number of carbonyl (C=O) groups is 1. The molecule has 0 bridgehead atoms. The maximum absolute atomic E-state index is 12.8. The van der Waals surface area contributed by atoms with Crippen molar-refractivity contribution < 1.29 is 22.7 Å². The molecule has 0 spiro atoms. The molecule has 140 valence electrons. The van der Waals surface area contributed by atoms with Gasteiger partial charge in [0.2, 0.25) is 0 Å². The van der Waals surface area contributed by atoms with E-state index in [0.29, 0.717) is 20.8 Å². The van der Waals surface area contributed by atoms with Crippen molar-refractivity contribution in [2.24, 2.45) is 0 Å². The lowest BCUT2D eigenvalue weighted by molar-refractivity contribution is 0.0601. The molecule has 1 aromatic heterocycles. The lowest BCUT2D eigenvalue weighted by atomic mass is 9.95. The van der Waals surface area contributed by atoms with Gasteiger partial charge in [-0.3, -0.25) is 4.72 Å². The third kappa shape index (κ3) is 3.60.